The maximum Gasteiger partial charge on any atom is 0.303 e. The zero-order chi connectivity index (χ0) is 10.7. The van der Waals surface area contributed by atoms with Crippen LogP contribution in [0.15, 0.2) is 24.3 Å². The minimum atomic E-state index is -0.724. The highest BCUT2D eigenvalue weighted by molar-refractivity contribution is 5.67. The molecular weight excluding hydrogens is 188 g/mol. The van der Waals surface area contributed by atoms with E-state index in [1.807, 2.05) is 0 Å². The van der Waals surface area contributed by atoms with Gasteiger partial charge in [0.05, 0.1) is 0 Å². The summed E-state index contributed by atoms with van der Waals surface area (Å²) >= 11 is 0. The molecule has 1 aliphatic rings. The van der Waals surface area contributed by atoms with Gasteiger partial charge in [-0.25, -0.2) is 0 Å². The van der Waals surface area contributed by atoms with Crippen molar-refractivity contribution in [3.63, 3.8) is 0 Å². The topological polar surface area (TPSA) is 37.3 Å². The molecule has 0 spiro atoms. The molecule has 1 saturated carbocycles. The Balaban J connectivity index is 1.94. The van der Waals surface area contributed by atoms with Gasteiger partial charge >= 0.3 is 5.97 Å². The van der Waals surface area contributed by atoms with Crippen LogP contribution in [0.1, 0.15) is 42.7 Å². The van der Waals surface area contributed by atoms with Crippen LogP contribution >= 0.6 is 0 Å². The molecule has 1 N–H and O–H groups in total. The number of benzene rings is 1. The molecule has 0 amide bonds. The second-order valence-electron chi connectivity index (χ2n) is 4.26. The number of aliphatic carboxylic acids is 1. The summed E-state index contributed by atoms with van der Waals surface area (Å²) in [6.07, 6.45) is 4.84. The van der Waals surface area contributed by atoms with Crippen LogP contribution in [-0.4, -0.2) is 11.1 Å². The zero-order valence-corrected chi connectivity index (χ0v) is 8.78. The molecule has 1 aromatic rings. The molecule has 0 bridgehead atoms. The van der Waals surface area contributed by atoms with E-state index < -0.39 is 5.97 Å². The van der Waals surface area contributed by atoms with Crippen LogP contribution in [0.3, 0.4) is 0 Å². The third-order valence-corrected chi connectivity index (χ3v) is 3.18. The Kier molecular flexibility index (Phi) is 3.05. The molecule has 0 heterocycles. The molecule has 0 aromatic heterocycles. The maximum atomic E-state index is 10.4. The van der Waals surface area contributed by atoms with Gasteiger partial charge in [0.15, 0.2) is 0 Å². The lowest BCUT2D eigenvalue weighted by molar-refractivity contribution is -0.136. The van der Waals surface area contributed by atoms with Crippen molar-refractivity contribution in [3.05, 3.63) is 35.4 Å². The number of carboxylic acid groups (broad SMARTS) is 1. The van der Waals surface area contributed by atoms with Crippen LogP contribution < -0.4 is 0 Å². The lowest BCUT2D eigenvalue weighted by Gasteiger charge is -2.25. The quantitative estimate of drug-likeness (QED) is 0.818. The number of carboxylic acids is 1. The Morgan fingerprint density at radius 1 is 1.27 bits per heavy atom. The van der Waals surface area contributed by atoms with Crippen molar-refractivity contribution in [1.29, 1.82) is 0 Å². The molecule has 0 atom stereocenters. The predicted molar refractivity (Wildman–Crippen MR) is 59.0 cm³/mol. The van der Waals surface area contributed by atoms with E-state index in [2.05, 4.69) is 24.3 Å². The molecule has 2 nitrogen and oxygen atoms in total. The second kappa shape index (κ2) is 4.47. The van der Waals surface area contributed by atoms with Gasteiger partial charge in [-0.1, -0.05) is 30.7 Å². The Morgan fingerprint density at radius 2 is 1.93 bits per heavy atom. The highest BCUT2D eigenvalue weighted by atomic mass is 16.4. The van der Waals surface area contributed by atoms with E-state index in [1.54, 1.807) is 0 Å². The van der Waals surface area contributed by atoms with Gasteiger partial charge in [-0.2, -0.15) is 0 Å². The Morgan fingerprint density at radius 3 is 2.40 bits per heavy atom. The predicted octanol–water partition coefficient (Wildman–Crippen LogP) is 2.97. The molecule has 0 radical (unpaired) electrons. The molecule has 1 fully saturated rings. The fraction of sp³-hybridized carbons (Fsp3) is 0.462. The molecule has 15 heavy (non-hydrogen) atoms. The SMILES string of the molecule is O=C(O)CCc1ccc(C2CCC2)cc1. The fourth-order valence-corrected chi connectivity index (χ4v) is 1.95. The van der Waals surface area contributed by atoms with Crippen LogP contribution in [-0.2, 0) is 11.2 Å². The smallest absolute Gasteiger partial charge is 0.303 e. The number of aryl methyl sites for hydroxylation is 1. The minimum Gasteiger partial charge on any atom is -0.481 e. The van der Waals surface area contributed by atoms with Crippen LogP contribution in [0.5, 0.6) is 0 Å². The summed E-state index contributed by atoms with van der Waals surface area (Å²) in [5.74, 6) is 0.0385. The molecule has 0 saturated heterocycles. The molecule has 0 aliphatic heterocycles. The molecule has 2 rings (SSSR count). The van der Waals surface area contributed by atoms with Gasteiger partial charge in [-0.3, -0.25) is 4.79 Å². The summed E-state index contributed by atoms with van der Waals surface area (Å²) < 4.78 is 0. The summed E-state index contributed by atoms with van der Waals surface area (Å²) in [6, 6.07) is 8.44. The normalized spacial score (nSPS) is 16.0. The molecule has 80 valence electrons. The molecule has 1 aliphatic carbocycles. The summed E-state index contributed by atoms with van der Waals surface area (Å²) in [5.41, 5.74) is 2.54. The van der Waals surface area contributed by atoms with Crippen molar-refractivity contribution in [2.24, 2.45) is 0 Å². The van der Waals surface area contributed by atoms with E-state index in [-0.39, 0.29) is 6.42 Å². The first-order chi connectivity index (χ1) is 7.25. The van der Waals surface area contributed by atoms with Gasteiger partial charge in [0, 0.05) is 6.42 Å². The van der Waals surface area contributed by atoms with Crippen molar-refractivity contribution in [1.82, 2.24) is 0 Å². The first kappa shape index (κ1) is 10.2. The second-order valence-corrected chi connectivity index (χ2v) is 4.26. The minimum absolute atomic E-state index is 0.225. The third kappa shape index (κ3) is 2.58. The zero-order valence-electron chi connectivity index (χ0n) is 8.78. The van der Waals surface area contributed by atoms with Crippen molar-refractivity contribution >= 4 is 5.97 Å². The van der Waals surface area contributed by atoms with Crippen molar-refractivity contribution in [2.75, 3.05) is 0 Å². The fourth-order valence-electron chi connectivity index (χ4n) is 1.95. The van der Waals surface area contributed by atoms with E-state index in [4.69, 9.17) is 5.11 Å². The largest absolute Gasteiger partial charge is 0.481 e. The van der Waals surface area contributed by atoms with Gasteiger partial charge in [0.2, 0.25) is 0 Å². The van der Waals surface area contributed by atoms with Crippen molar-refractivity contribution < 1.29 is 9.90 Å². The average Bonchev–Trinajstić information content (AvgIpc) is 2.14. The van der Waals surface area contributed by atoms with Crippen LogP contribution in [0.2, 0.25) is 0 Å². The average molecular weight is 204 g/mol. The van der Waals surface area contributed by atoms with E-state index in [0.717, 1.165) is 11.5 Å². The lowest BCUT2D eigenvalue weighted by Crippen LogP contribution is -2.08. The summed E-state index contributed by atoms with van der Waals surface area (Å²) in [5, 5.41) is 8.56. The Hall–Kier alpha value is -1.31. The first-order valence-corrected chi connectivity index (χ1v) is 5.56. The maximum absolute atomic E-state index is 10.4. The van der Waals surface area contributed by atoms with E-state index in [9.17, 15) is 4.79 Å². The number of rotatable bonds is 4. The number of hydrogen-bond acceptors (Lipinski definition) is 1. The summed E-state index contributed by atoms with van der Waals surface area (Å²) in [6.45, 7) is 0. The number of hydrogen-bond donors (Lipinski definition) is 1. The first-order valence-electron chi connectivity index (χ1n) is 5.56. The van der Waals surface area contributed by atoms with Crippen LogP contribution in [0.25, 0.3) is 0 Å². The van der Waals surface area contributed by atoms with E-state index in [1.165, 1.54) is 24.8 Å². The standard InChI is InChI=1S/C13H16O2/c14-13(15)9-6-10-4-7-12(8-5-10)11-2-1-3-11/h4-5,7-8,11H,1-3,6,9H2,(H,14,15). The molecule has 1 aromatic carbocycles. The van der Waals surface area contributed by atoms with Gasteiger partial charge in [0.1, 0.15) is 0 Å². The Bertz CT molecular complexity index is 336. The monoisotopic (exact) mass is 204 g/mol. The molecular formula is C13H16O2. The van der Waals surface area contributed by atoms with Crippen LogP contribution in [0, 0.1) is 0 Å². The number of carbonyl (C=O) groups is 1. The van der Waals surface area contributed by atoms with Gasteiger partial charge in [0.25, 0.3) is 0 Å². The van der Waals surface area contributed by atoms with E-state index >= 15 is 0 Å². The highest BCUT2D eigenvalue weighted by Gasteiger charge is 2.18. The highest BCUT2D eigenvalue weighted by Crippen LogP contribution is 2.36. The summed E-state index contributed by atoms with van der Waals surface area (Å²) in [4.78, 5) is 10.4. The van der Waals surface area contributed by atoms with Crippen molar-refractivity contribution in [2.45, 2.75) is 38.0 Å². The van der Waals surface area contributed by atoms with E-state index in [0.29, 0.717) is 6.42 Å². The third-order valence-electron chi connectivity index (χ3n) is 3.18. The molecule has 0 unspecified atom stereocenters. The van der Waals surface area contributed by atoms with Gasteiger partial charge < -0.3 is 5.11 Å². The van der Waals surface area contributed by atoms with Gasteiger partial charge in [-0.05, 0) is 36.3 Å². The van der Waals surface area contributed by atoms with Crippen molar-refractivity contribution in [3.8, 4) is 0 Å². The molecule has 2 heteroatoms. The van der Waals surface area contributed by atoms with Gasteiger partial charge in [-0.15, -0.1) is 0 Å². The lowest BCUT2D eigenvalue weighted by atomic mass is 9.80. The Labute approximate surface area is 89.9 Å². The summed E-state index contributed by atoms with van der Waals surface area (Å²) in [7, 11) is 0. The van der Waals surface area contributed by atoms with Crippen LogP contribution in [0.4, 0.5) is 0 Å².